The number of fused-ring (bicyclic) bond motifs is 1. The maximum atomic E-state index is 11.6. The van der Waals surface area contributed by atoms with Crippen molar-refractivity contribution in [2.24, 2.45) is 0 Å². The average Bonchev–Trinajstić information content (AvgIpc) is 2.66. The predicted octanol–water partition coefficient (Wildman–Crippen LogP) is 2.22. The molecule has 1 aromatic carbocycles. The summed E-state index contributed by atoms with van der Waals surface area (Å²) in [5, 5.41) is 12.8. The second kappa shape index (κ2) is 4.49. The second-order valence-corrected chi connectivity index (χ2v) is 4.80. The first-order chi connectivity index (χ1) is 8.10. The fourth-order valence-corrected chi connectivity index (χ4v) is 2.58. The minimum atomic E-state index is -0.864. The van der Waals surface area contributed by atoms with Gasteiger partial charge in [0.1, 0.15) is 5.54 Å². The minimum Gasteiger partial charge on any atom is -0.480 e. The number of nitrogens with one attached hydrogen (secondary N) is 1. The average molecular weight is 233 g/mol. The second-order valence-electron chi connectivity index (χ2n) is 4.80. The fraction of sp³-hybridized carbons (Fsp3) is 0.500. The molecule has 1 atom stereocenters. The minimum absolute atomic E-state index is 0.654. The number of benzene rings is 1. The van der Waals surface area contributed by atoms with Gasteiger partial charge in [-0.25, -0.2) is 4.79 Å². The van der Waals surface area contributed by atoms with Crippen LogP contribution >= 0.6 is 0 Å². The van der Waals surface area contributed by atoms with Crippen molar-refractivity contribution in [3.05, 3.63) is 34.9 Å². The van der Waals surface area contributed by atoms with Crippen LogP contribution in [-0.2, 0) is 16.8 Å². The quantitative estimate of drug-likeness (QED) is 0.838. The summed E-state index contributed by atoms with van der Waals surface area (Å²) >= 11 is 0. The lowest BCUT2D eigenvalue weighted by Crippen LogP contribution is -2.47. The summed E-state index contributed by atoms with van der Waals surface area (Å²) < 4.78 is 0. The van der Waals surface area contributed by atoms with Crippen molar-refractivity contribution in [3.8, 4) is 0 Å². The molecule has 2 rings (SSSR count). The first-order valence-electron chi connectivity index (χ1n) is 6.18. The van der Waals surface area contributed by atoms with Crippen LogP contribution in [0.1, 0.15) is 36.5 Å². The number of carboxylic acids is 1. The third kappa shape index (κ3) is 1.95. The van der Waals surface area contributed by atoms with Crippen LogP contribution < -0.4 is 5.32 Å². The van der Waals surface area contributed by atoms with Gasteiger partial charge >= 0.3 is 5.97 Å². The van der Waals surface area contributed by atoms with Crippen molar-refractivity contribution in [2.45, 2.75) is 38.6 Å². The zero-order valence-corrected chi connectivity index (χ0v) is 10.4. The molecule has 0 saturated heterocycles. The lowest BCUT2D eigenvalue weighted by molar-refractivity contribution is -0.145. The van der Waals surface area contributed by atoms with Gasteiger partial charge in [-0.2, -0.15) is 0 Å². The van der Waals surface area contributed by atoms with Gasteiger partial charge < -0.3 is 5.11 Å². The summed E-state index contributed by atoms with van der Waals surface area (Å²) in [5.41, 5.74) is 2.38. The molecule has 0 fully saturated rings. The Balaban J connectivity index is 2.44. The number of carbonyl (C=O) groups is 1. The van der Waals surface area contributed by atoms with Crippen molar-refractivity contribution in [3.63, 3.8) is 0 Å². The van der Waals surface area contributed by atoms with Crippen molar-refractivity contribution in [1.29, 1.82) is 0 Å². The number of aliphatic carboxylic acids is 1. The van der Waals surface area contributed by atoms with Gasteiger partial charge in [-0.1, -0.05) is 30.7 Å². The van der Waals surface area contributed by atoms with Crippen molar-refractivity contribution in [1.82, 2.24) is 5.32 Å². The predicted molar refractivity (Wildman–Crippen MR) is 67.1 cm³/mol. The summed E-state index contributed by atoms with van der Waals surface area (Å²) in [6, 6.07) is 6.12. The van der Waals surface area contributed by atoms with Gasteiger partial charge in [0.05, 0.1) is 0 Å². The monoisotopic (exact) mass is 233 g/mol. The molecule has 3 nitrogen and oxygen atoms in total. The standard InChI is InChI=1S/C14H19NO2/c1-3-8-15-14(13(16)17)7-6-11-5-4-10(2)9-12(11)14/h4-5,9,15H,3,6-8H2,1-2H3,(H,16,17). The van der Waals surface area contributed by atoms with Gasteiger partial charge in [-0.3, -0.25) is 5.32 Å². The molecule has 2 N–H and O–H groups in total. The topological polar surface area (TPSA) is 49.3 Å². The Morgan fingerprint density at radius 1 is 1.53 bits per heavy atom. The van der Waals surface area contributed by atoms with E-state index in [4.69, 9.17) is 0 Å². The summed E-state index contributed by atoms with van der Waals surface area (Å²) in [7, 11) is 0. The molecule has 0 aromatic heterocycles. The molecule has 3 heteroatoms. The summed E-state index contributed by atoms with van der Waals surface area (Å²) in [4.78, 5) is 11.6. The lowest BCUT2D eigenvalue weighted by atomic mass is 9.90. The maximum Gasteiger partial charge on any atom is 0.328 e. The highest BCUT2D eigenvalue weighted by Gasteiger charge is 2.44. The zero-order chi connectivity index (χ0) is 12.5. The Morgan fingerprint density at radius 3 is 2.94 bits per heavy atom. The van der Waals surface area contributed by atoms with Crippen LogP contribution in [0, 0.1) is 6.92 Å². The third-order valence-corrected chi connectivity index (χ3v) is 3.54. The Labute approximate surface area is 102 Å². The molecular weight excluding hydrogens is 214 g/mol. The normalized spacial score (nSPS) is 22.5. The Morgan fingerprint density at radius 2 is 2.29 bits per heavy atom. The SMILES string of the molecule is CCCNC1(C(=O)O)CCc2ccc(C)cc21. The third-order valence-electron chi connectivity index (χ3n) is 3.54. The molecule has 1 aliphatic rings. The highest BCUT2D eigenvalue weighted by atomic mass is 16.4. The molecule has 17 heavy (non-hydrogen) atoms. The summed E-state index contributed by atoms with van der Waals surface area (Å²) in [6.45, 7) is 4.79. The van der Waals surface area contributed by atoms with E-state index in [1.807, 2.05) is 13.0 Å². The molecule has 0 radical (unpaired) electrons. The van der Waals surface area contributed by atoms with E-state index in [0.29, 0.717) is 6.42 Å². The molecule has 0 heterocycles. The van der Waals surface area contributed by atoms with Gasteiger partial charge in [-0.05, 0) is 43.9 Å². The van der Waals surface area contributed by atoms with Crippen LogP contribution in [0.25, 0.3) is 0 Å². The maximum absolute atomic E-state index is 11.6. The van der Waals surface area contributed by atoms with Crippen molar-refractivity contribution < 1.29 is 9.90 Å². The van der Waals surface area contributed by atoms with Gasteiger partial charge in [0.15, 0.2) is 0 Å². The molecule has 1 unspecified atom stereocenters. The smallest absolute Gasteiger partial charge is 0.328 e. The van der Waals surface area contributed by atoms with Crippen LogP contribution in [-0.4, -0.2) is 17.6 Å². The number of aryl methyl sites for hydroxylation is 2. The first kappa shape index (κ1) is 12.1. The molecule has 0 saturated carbocycles. The van der Waals surface area contributed by atoms with E-state index >= 15 is 0 Å². The Hall–Kier alpha value is -1.35. The lowest BCUT2D eigenvalue weighted by Gasteiger charge is -2.27. The van der Waals surface area contributed by atoms with E-state index in [1.54, 1.807) is 0 Å². The van der Waals surface area contributed by atoms with Crippen LogP contribution in [0.5, 0.6) is 0 Å². The van der Waals surface area contributed by atoms with E-state index in [9.17, 15) is 9.90 Å². The van der Waals surface area contributed by atoms with Crippen LogP contribution in [0.3, 0.4) is 0 Å². The molecule has 92 valence electrons. The van der Waals surface area contributed by atoms with E-state index < -0.39 is 11.5 Å². The highest BCUT2D eigenvalue weighted by molar-refractivity contribution is 5.82. The van der Waals surface area contributed by atoms with E-state index in [1.165, 1.54) is 5.56 Å². The number of hydrogen-bond acceptors (Lipinski definition) is 2. The fourth-order valence-electron chi connectivity index (χ4n) is 2.58. The molecule has 0 aliphatic heterocycles. The van der Waals surface area contributed by atoms with E-state index in [0.717, 1.165) is 30.5 Å². The molecular formula is C14H19NO2. The van der Waals surface area contributed by atoms with Crippen LogP contribution in [0.4, 0.5) is 0 Å². The van der Waals surface area contributed by atoms with Gasteiger partial charge in [-0.15, -0.1) is 0 Å². The van der Waals surface area contributed by atoms with Gasteiger partial charge in [0.2, 0.25) is 0 Å². The number of carboxylic acid groups (broad SMARTS) is 1. The summed E-state index contributed by atoms with van der Waals surface area (Å²) in [5.74, 6) is -0.754. The molecule has 0 amide bonds. The largest absolute Gasteiger partial charge is 0.480 e. The molecule has 1 aromatic rings. The first-order valence-corrected chi connectivity index (χ1v) is 6.18. The van der Waals surface area contributed by atoms with Gasteiger partial charge in [0.25, 0.3) is 0 Å². The zero-order valence-electron chi connectivity index (χ0n) is 10.4. The molecule has 0 bridgehead atoms. The van der Waals surface area contributed by atoms with Gasteiger partial charge in [0, 0.05) is 0 Å². The van der Waals surface area contributed by atoms with E-state index in [-0.39, 0.29) is 0 Å². The van der Waals surface area contributed by atoms with Crippen LogP contribution in [0.15, 0.2) is 18.2 Å². The van der Waals surface area contributed by atoms with E-state index in [2.05, 4.69) is 24.4 Å². The Bertz CT molecular complexity index is 442. The van der Waals surface area contributed by atoms with Crippen LogP contribution in [0.2, 0.25) is 0 Å². The Kier molecular flexibility index (Phi) is 3.20. The van der Waals surface area contributed by atoms with Crippen molar-refractivity contribution in [2.75, 3.05) is 6.54 Å². The number of hydrogen-bond donors (Lipinski definition) is 2. The molecule has 0 spiro atoms. The van der Waals surface area contributed by atoms with Crippen molar-refractivity contribution >= 4 is 5.97 Å². The summed E-state index contributed by atoms with van der Waals surface area (Å²) in [6.07, 6.45) is 2.44. The molecule has 1 aliphatic carbocycles. The highest BCUT2D eigenvalue weighted by Crippen LogP contribution is 2.37. The number of rotatable bonds is 4.